The monoisotopic (exact) mass is 550 g/mol. The topological polar surface area (TPSA) is 149 Å². The molecule has 0 saturated heterocycles. The molecular weight excluding hydrogens is 541 g/mol. The van der Waals surface area contributed by atoms with Crippen LogP contribution < -0.4 is 5.56 Å². The molecule has 0 unspecified atom stereocenters. The normalized spacial score (nSPS) is 10.5. The highest BCUT2D eigenvalue weighted by Crippen LogP contribution is 2.61. The summed E-state index contributed by atoms with van der Waals surface area (Å²) in [5.74, 6) is 0. The van der Waals surface area contributed by atoms with E-state index >= 15 is 0 Å². The van der Waals surface area contributed by atoms with Crippen LogP contribution in [0, 0.1) is 20.2 Å². The van der Waals surface area contributed by atoms with Crippen LogP contribution in [0.25, 0.3) is 21.5 Å². The summed E-state index contributed by atoms with van der Waals surface area (Å²) in [5, 5.41) is 20.1. The zero-order valence-electron chi connectivity index (χ0n) is 16.0. The van der Waals surface area contributed by atoms with Gasteiger partial charge >= 0.3 is 5.20 Å². The van der Waals surface area contributed by atoms with Crippen LogP contribution in [0.4, 0.5) is 11.4 Å². The zero-order chi connectivity index (χ0) is 24.8. The molecule has 10 nitrogen and oxygen atoms in total. The first-order valence-corrected chi connectivity index (χ1v) is 13.3. The first-order chi connectivity index (χ1) is 15.4. The van der Waals surface area contributed by atoms with E-state index in [1.807, 2.05) is 0 Å². The molecule has 0 aliphatic rings. The van der Waals surface area contributed by atoms with Gasteiger partial charge in [0.1, 0.15) is 11.3 Å². The number of hydrogen-bond donors (Lipinski definition) is 1. The van der Waals surface area contributed by atoms with Gasteiger partial charge in [-0.3, -0.25) is 29.6 Å². The van der Waals surface area contributed by atoms with Gasteiger partial charge in [-0.25, -0.2) is 4.98 Å². The average molecular weight is 552 g/mol. The molecule has 0 amide bonds. The fraction of sp³-hybridized carbons (Fsp3) is 0. The van der Waals surface area contributed by atoms with E-state index in [2.05, 4.69) is 43.7 Å². The molecular formula is C18H11Cl4N4O6P. The van der Waals surface area contributed by atoms with Crippen LogP contribution in [-0.4, -0.2) is 19.8 Å². The van der Waals surface area contributed by atoms with E-state index in [9.17, 15) is 29.6 Å². The van der Waals surface area contributed by atoms with Gasteiger partial charge in [-0.2, -0.15) is 0 Å². The molecule has 0 spiro atoms. The number of pyridine rings is 2. The molecule has 0 atom stereocenters. The molecule has 0 radical (unpaired) electrons. The summed E-state index contributed by atoms with van der Waals surface area (Å²) in [6.45, 7) is 0. The van der Waals surface area contributed by atoms with Crippen LogP contribution in [0.15, 0.2) is 65.7 Å². The summed E-state index contributed by atoms with van der Waals surface area (Å²) in [7, 11) is 0. The lowest BCUT2D eigenvalue weighted by molar-refractivity contribution is -0.383. The minimum Gasteiger partial charge on any atom is -0.322 e. The number of hydrogen-bond acceptors (Lipinski definition) is 7. The van der Waals surface area contributed by atoms with Crippen molar-refractivity contribution >= 4 is 83.4 Å². The Morgan fingerprint density at radius 3 is 1.73 bits per heavy atom. The maximum Gasteiger partial charge on any atom is 0.339 e. The molecule has 172 valence electrons. The second-order valence-corrected chi connectivity index (χ2v) is 12.9. The third-order valence-corrected chi connectivity index (χ3v) is 4.21. The molecule has 15 heteroatoms. The summed E-state index contributed by atoms with van der Waals surface area (Å²) < 4.78 is 9.51. The molecule has 1 N–H and O–H groups in total. The Morgan fingerprint density at radius 2 is 1.24 bits per heavy atom. The van der Waals surface area contributed by atoms with Crippen molar-refractivity contribution in [1.82, 2.24) is 9.97 Å². The lowest BCUT2D eigenvalue weighted by Gasteiger charge is -1.99. The first-order valence-electron chi connectivity index (χ1n) is 8.51. The second-order valence-electron chi connectivity index (χ2n) is 5.94. The highest BCUT2D eigenvalue weighted by molar-refractivity contribution is 8.24. The Kier molecular flexibility index (Phi) is 9.16. The second kappa shape index (κ2) is 11.4. The quantitative estimate of drug-likeness (QED) is 0.121. The highest BCUT2D eigenvalue weighted by atomic mass is 36.0. The fourth-order valence-corrected chi connectivity index (χ4v) is 2.85. The van der Waals surface area contributed by atoms with Crippen molar-refractivity contribution < 1.29 is 14.4 Å². The molecule has 2 aromatic carbocycles. The van der Waals surface area contributed by atoms with Crippen LogP contribution >= 0.6 is 50.5 Å². The van der Waals surface area contributed by atoms with Gasteiger partial charge < -0.3 is 4.98 Å². The average Bonchev–Trinajstić information content (AvgIpc) is 2.73. The standard InChI is InChI=1S/C9H5ClN2O2.C9H6N2O3.Cl3OP/c10-9-7-4-2-1-3-6(7)8(5-11-9)12(13)14;12-9-7-4-2-1-3-6(7)8(5-10-9)11(13)14;1-5(2,3)4/h1-5H;1-5H,(H,10,12);. The zero-order valence-corrected chi connectivity index (χ0v) is 19.9. The predicted octanol–water partition coefficient (Wildman–Crippen LogP) is 7.04. The van der Waals surface area contributed by atoms with E-state index in [0.717, 1.165) is 6.20 Å². The molecule has 0 aliphatic carbocycles. The Bertz CT molecular complexity index is 1430. The summed E-state index contributed by atoms with van der Waals surface area (Å²) >= 11 is 19.6. The third kappa shape index (κ3) is 7.66. The summed E-state index contributed by atoms with van der Waals surface area (Å²) in [6, 6.07) is 13.3. The van der Waals surface area contributed by atoms with Gasteiger partial charge in [0, 0.05) is 5.39 Å². The number of H-pyrrole nitrogens is 1. The summed E-state index contributed by atoms with van der Waals surface area (Å²) in [5.41, 5.74) is -0.420. The van der Waals surface area contributed by atoms with E-state index in [4.69, 9.17) is 11.6 Å². The number of fused-ring (bicyclic) bond motifs is 2. The summed E-state index contributed by atoms with van der Waals surface area (Å²) in [4.78, 5) is 37.6. The number of nitro groups is 2. The van der Waals surface area contributed by atoms with E-state index in [0.29, 0.717) is 21.5 Å². The molecule has 0 fully saturated rings. The third-order valence-electron chi connectivity index (χ3n) is 3.91. The molecule has 0 saturated carbocycles. The maximum atomic E-state index is 11.3. The van der Waals surface area contributed by atoms with E-state index in [1.54, 1.807) is 48.5 Å². The van der Waals surface area contributed by atoms with Crippen molar-refractivity contribution in [3.05, 3.63) is 96.7 Å². The Morgan fingerprint density at radius 1 is 0.818 bits per heavy atom. The fourth-order valence-electron chi connectivity index (χ4n) is 2.63. The van der Waals surface area contributed by atoms with Crippen molar-refractivity contribution in [3.8, 4) is 0 Å². The van der Waals surface area contributed by atoms with Gasteiger partial charge in [-0.15, -0.1) is 0 Å². The van der Waals surface area contributed by atoms with Gasteiger partial charge in [0.15, 0.2) is 0 Å². The van der Waals surface area contributed by atoms with Crippen molar-refractivity contribution in [2.75, 3.05) is 0 Å². The molecule has 4 rings (SSSR count). The molecule has 0 aliphatic heterocycles. The van der Waals surface area contributed by atoms with Crippen molar-refractivity contribution in [3.63, 3.8) is 0 Å². The SMILES string of the molecule is O=P(Cl)(Cl)Cl.O=[N+]([O-])c1cnc(Cl)c2ccccc12.O=c1[nH]cc([N+](=O)[O-])c2ccccc12. The van der Waals surface area contributed by atoms with Crippen LogP contribution in [0.2, 0.25) is 5.15 Å². The lowest BCUT2D eigenvalue weighted by Crippen LogP contribution is -2.06. The minimum atomic E-state index is -3.22. The van der Waals surface area contributed by atoms with Crippen LogP contribution in [0.3, 0.4) is 0 Å². The number of nitrogens with one attached hydrogen (secondary N) is 1. The molecule has 0 bridgehead atoms. The van der Waals surface area contributed by atoms with Crippen molar-refractivity contribution in [1.29, 1.82) is 0 Å². The molecule has 33 heavy (non-hydrogen) atoms. The number of aromatic amines is 1. The Balaban J connectivity index is 0.000000195. The van der Waals surface area contributed by atoms with Gasteiger partial charge in [-0.05, 0) is 51.9 Å². The van der Waals surface area contributed by atoms with Gasteiger partial charge in [0.25, 0.3) is 16.9 Å². The maximum absolute atomic E-state index is 11.3. The Hall–Kier alpha value is -2.75. The minimum absolute atomic E-state index is 0.0231. The number of nitrogens with zero attached hydrogens (tertiary/aromatic N) is 3. The van der Waals surface area contributed by atoms with Gasteiger partial charge in [0.2, 0.25) is 0 Å². The van der Waals surface area contributed by atoms with E-state index in [1.165, 1.54) is 6.20 Å². The number of benzene rings is 2. The molecule has 2 heterocycles. The number of rotatable bonds is 2. The molecule has 4 aromatic rings. The predicted molar refractivity (Wildman–Crippen MR) is 130 cm³/mol. The van der Waals surface area contributed by atoms with Gasteiger partial charge in [0.05, 0.1) is 32.2 Å². The smallest absolute Gasteiger partial charge is 0.322 e. The van der Waals surface area contributed by atoms with Crippen molar-refractivity contribution in [2.24, 2.45) is 0 Å². The summed E-state index contributed by atoms with van der Waals surface area (Å²) in [6.07, 6.45) is 2.29. The highest BCUT2D eigenvalue weighted by Gasteiger charge is 2.14. The van der Waals surface area contributed by atoms with Crippen molar-refractivity contribution in [2.45, 2.75) is 0 Å². The molecule has 2 aromatic heterocycles. The van der Waals surface area contributed by atoms with Crippen LogP contribution in [-0.2, 0) is 4.57 Å². The van der Waals surface area contributed by atoms with E-state index in [-0.39, 0.29) is 22.1 Å². The Labute approximate surface area is 204 Å². The number of aromatic nitrogens is 2. The lowest BCUT2D eigenvalue weighted by atomic mass is 10.1. The van der Waals surface area contributed by atoms with Gasteiger partial charge in [-0.1, -0.05) is 41.9 Å². The van der Waals surface area contributed by atoms with Crippen LogP contribution in [0.1, 0.15) is 0 Å². The number of halogens is 4. The largest absolute Gasteiger partial charge is 0.339 e. The first kappa shape index (κ1) is 26.5. The van der Waals surface area contributed by atoms with Crippen LogP contribution in [0.5, 0.6) is 0 Å². The van der Waals surface area contributed by atoms with E-state index < -0.39 is 15.0 Å².